The summed E-state index contributed by atoms with van der Waals surface area (Å²) in [4.78, 5) is 15.8. The summed E-state index contributed by atoms with van der Waals surface area (Å²) in [6.07, 6.45) is 0. The van der Waals surface area contributed by atoms with E-state index in [0.717, 1.165) is 88.7 Å². The van der Waals surface area contributed by atoms with Gasteiger partial charge in [-0.25, -0.2) is 15.0 Å². The maximum atomic E-state index is 6.49. The molecule has 0 aliphatic carbocycles. The van der Waals surface area contributed by atoms with Crippen LogP contribution in [0.15, 0.2) is 247 Å². The fourth-order valence-electron chi connectivity index (χ4n) is 9.83. The Balaban J connectivity index is 0.986. The first-order valence-electron chi connectivity index (χ1n) is 22.9. The maximum Gasteiger partial charge on any atom is 0.164 e. The minimum absolute atomic E-state index is 0.584. The monoisotopic (exact) mass is 868 g/mol. The van der Waals surface area contributed by atoms with Gasteiger partial charge >= 0.3 is 0 Å². The van der Waals surface area contributed by atoms with Crippen molar-refractivity contribution in [3.05, 3.63) is 243 Å². The molecule has 0 unspecified atom stereocenters. The van der Waals surface area contributed by atoms with Crippen LogP contribution >= 0.6 is 0 Å². The van der Waals surface area contributed by atoms with Gasteiger partial charge in [-0.15, -0.1) is 0 Å². The van der Waals surface area contributed by atoms with Crippen LogP contribution in [0.4, 0.5) is 0 Å². The van der Waals surface area contributed by atoms with Gasteiger partial charge in [0.15, 0.2) is 17.5 Å². The summed E-state index contributed by atoms with van der Waals surface area (Å²) in [5.74, 6) is 1.77. The zero-order valence-electron chi connectivity index (χ0n) is 36.8. The summed E-state index contributed by atoms with van der Waals surface area (Å²) in [7, 11) is 0. The number of furan rings is 1. The van der Waals surface area contributed by atoms with Crippen LogP contribution in [0.2, 0.25) is 0 Å². The second kappa shape index (κ2) is 16.4. The SMILES string of the molecule is c1ccc(-c2cccc(-c3nc(-c4cccc(-c5cccc6c5oc5ccccc56)c4)nc(-c4cccc(-c5cccc6c5c5cc(-c7ccccc7)ccc5n6-c5ccccc5)c4)n3)c2)cc1. The molecule has 0 saturated heterocycles. The standard InChI is InChI=1S/C63H40N4O/c1-4-17-41(18-5-1)43-21-12-24-47(37-43)61-64-62(66-63(65-61)49-26-14-23-46(39-49)52-31-15-32-54-53-29-10-11-34-58(53)68-60(52)54)48-25-13-22-45(38-48)51-30-16-33-57-59(51)55-40-44(42-19-6-2-7-20-42)35-36-56(55)67(57)50-27-8-3-9-28-50/h1-40H. The van der Waals surface area contributed by atoms with E-state index in [1.54, 1.807) is 0 Å². The van der Waals surface area contributed by atoms with Gasteiger partial charge in [-0.3, -0.25) is 0 Å². The van der Waals surface area contributed by atoms with Gasteiger partial charge in [0.25, 0.3) is 0 Å². The van der Waals surface area contributed by atoms with Crippen LogP contribution in [0.3, 0.4) is 0 Å². The van der Waals surface area contributed by atoms with E-state index < -0.39 is 0 Å². The van der Waals surface area contributed by atoms with E-state index in [4.69, 9.17) is 19.4 Å². The molecule has 3 aromatic heterocycles. The molecule has 0 radical (unpaired) electrons. The van der Waals surface area contributed by atoms with E-state index in [1.165, 1.54) is 21.9 Å². The lowest BCUT2D eigenvalue weighted by atomic mass is 9.96. The molecular weight excluding hydrogens is 829 g/mol. The van der Waals surface area contributed by atoms with Gasteiger partial charge in [-0.2, -0.15) is 0 Å². The molecule has 0 bridgehead atoms. The Bertz CT molecular complexity index is 4020. The number of hydrogen-bond donors (Lipinski definition) is 0. The fraction of sp³-hybridized carbons (Fsp3) is 0. The first-order chi connectivity index (χ1) is 33.7. The molecule has 0 spiro atoms. The van der Waals surface area contributed by atoms with Crippen LogP contribution in [0.5, 0.6) is 0 Å². The highest BCUT2D eigenvalue weighted by Gasteiger charge is 2.20. The van der Waals surface area contributed by atoms with Gasteiger partial charge in [0, 0.05) is 49.5 Å². The molecule has 13 rings (SSSR count). The number of fused-ring (bicyclic) bond motifs is 6. The quantitative estimate of drug-likeness (QED) is 0.153. The number of aromatic nitrogens is 4. The van der Waals surface area contributed by atoms with Crippen LogP contribution in [0.1, 0.15) is 0 Å². The second-order valence-corrected chi connectivity index (χ2v) is 17.2. The number of nitrogens with zero attached hydrogens (tertiary/aromatic N) is 4. The van der Waals surface area contributed by atoms with Gasteiger partial charge in [-0.05, 0) is 93.5 Å². The lowest BCUT2D eigenvalue weighted by Gasteiger charge is -2.12. The molecule has 0 aliphatic heterocycles. The first kappa shape index (κ1) is 39.2. The van der Waals surface area contributed by atoms with Crippen molar-refractivity contribution in [3.8, 4) is 84.4 Å². The summed E-state index contributed by atoms with van der Waals surface area (Å²) in [6, 6.07) is 85.2. The minimum atomic E-state index is 0.584. The average molecular weight is 869 g/mol. The highest BCUT2D eigenvalue weighted by atomic mass is 16.3. The Hall–Kier alpha value is -9.19. The third kappa shape index (κ3) is 6.84. The van der Waals surface area contributed by atoms with Crippen molar-refractivity contribution in [2.45, 2.75) is 0 Å². The zero-order chi connectivity index (χ0) is 45.0. The van der Waals surface area contributed by atoms with Gasteiger partial charge in [-0.1, -0.05) is 188 Å². The molecule has 318 valence electrons. The minimum Gasteiger partial charge on any atom is -0.455 e. The summed E-state index contributed by atoms with van der Waals surface area (Å²) in [6.45, 7) is 0. The number of para-hydroxylation sites is 3. The molecule has 0 aliphatic rings. The Morgan fingerprint density at radius 1 is 0.294 bits per heavy atom. The van der Waals surface area contributed by atoms with Gasteiger partial charge in [0.2, 0.25) is 0 Å². The second-order valence-electron chi connectivity index (χ2n) is 17.2. The van der Waals surface area contributed by atoms with Crippen molar-refractivity contribution < 1.29 is 4.42 Å². The first-order valence-corrected chi connectivity index (χ1v) is 22.9. The Morgan fingerprint density at radius 3 is 1.43 bits per heavy atom. The van der Waals surface area contributed by atoms with Gasteiger partial charge in [0.1, 0.15) is 11.2 Å². The number of rotatable bonds is 8. The Labute approximate surface area is 392 Å². The van der Waals surface area contributed by atoms with E-state index in [2.05, 4.69) is 229 Å². The van der Waals surface area contributed by atoms with Crippen LogP contribution in [-0.4, -0.2) is 19.5 Å². The van der Waals surface area contributed by atoms with Crippen molar-refractivity contribution in [1.29, 1.82) is 0 Å². The molecule has 3 heterocycles. The summed E-state index contributed by atoms with van der Waals surface area (Å²) in [5, 5.41) is 4.56. The van der Waals surface area contributed by atoms with Crippen molar-refractivity contribution in [3.63, 3.8) is 0 Å². The van der Waals surface area contributed by atoms with Crippen LogP contribution < -0.4 is 0 Å². The van der Waals surface area contributed by atoms with E-state index in [-0.39, 0.29) is 0 Å². The highest BCUT2D eigenvalue weighted by molar-refractivity contribution is 6.17. The summed E-state index contributed by atoms with van der Waals surface area (Å²) in [5.41, 5.74) is 16.6. The zero-order valence-corrected chi connectivity index (χ0v) is 36.8. The van der Waals surface area contributed by atoms with Crippen molar-refractivity contribution >= 4 is 43.7 Å². The molecular formula is C63H40N4O. The third-order valence-electron chi connectivity index (χ3n) is 13.0. The summed E-state index contributed by atoms with van der Waals surface area (Å²) < 4.78 is 8.87. The molecule has 10 aromatic carbocycles. The molecule has 0 amide bonds. The van der Waals surface area contributed by atoms with Crippen molar-refractivity contribution in [2.24, 2.45) is 0 Å². The number of hydrogen-bond acceptors (Lipinski definition) is 4. The topological polar surface area (TPSA) is 56.7 Å². The van der Waals surface area contributed by atoms with Gasteiger partial charge < -0.3 is 8.98 Å². The molecule has 0 N–H and O–H groups in total. The van der Waals surface area contributed by atoms with Crippen LogP contribution in [0.25, 0.3) is 128 Å². The third-order valence-corrected chi connectivity index (χ3v) is 13.0. The Kier molecular flexibility index (Phi) is 9.43. The normalized spacial score (nSPS) is 11.5. The fourth-order valence-corrected chi connectivity index (χ4v) is 9.83. The molecule has 13 aromatic rings. The predicted octanol–water partition coefficient (Wildman–Crippen LogP) is 16.5. The molecule has 5 nitrogen and oxygen atoms in total. The summed E-state index contributed by atoms with van der Waals surface area (Å²) >= 11 is 0. The van der Waals surface area contributed by atoms with Crippen LogP contribution in [-0.2, 0) is 0 Å². The largest absolute Gasteiger partial charge is 0.455 e. The lowest BCUT2D eigenvalue weighted by molar-refractivity contribution is 0.670. The maximum absolute atomic E-state index is 6.49. The lowest BCUT2D eigenvalue weighted by Crippen LogP contribution is -2.00. The Morgan fingerprint density at radius 2 is 0.765 bits per heavy atom. The van der Waals surface area contributed by atoms with E-state index in [1.807, 2.05) is 18.2 Å². The average Bonchev–Trinajstić information content (AvgIpc) is 3.97. The highest BCUT2D eigenvalue weighted by Crippen LogP contribution is 2.42. The van der Waals surface area contributed by atoms with Crippen molar-refractivity contribution in [1.82, 2.24) is 19.5 Å². The molecule has 5 heteroatoms. The van der Waals surface area contributed by atoms with Gasteiger partial charge in [0.05, 0.1) is 11.0 Å². The molecule has 0 saturated carbocycles. The predicted molar refractivity (Wildman–Crippen MR) is 279 cm³/mol. The molecule has 0 fully saturated rings. The van der Waals surface area contributed by atoms with Crippen LogP contribution in [0, 0.1) is 0 Å². The van der Waals surface area contributed by atoms with E-state index in [9.17, 15) is 0 Å². The van der Waals surface area contributed by atoms with Crippen molar-refractivity contribution in [2.75, 3.05) is 0 Å². The molecule has 0 atom stereocenters. The smallest absolute Gasteiger partial charge is 0.164 e. The number of benzene rings is 10. The van der Waals surface area contributed by atoms with E-state index in [0.29, 0.717) is 17.5 Å². The van der Waals surface area contributed by atoms with E-state index >= 15 is 0 Å². The molecule has 68 heavy (non-hydrogen) atoms.